The Labute approximate surface area is 201 Å². The number of hydrogen-bond acceptors (Lipinski definition) is 5. The molecule has 0 saturated carbocycles. The first kappa shape index (κ1) is 27.1. The third kappa shape index (κ3) is 8.65. The van der Waals surface area contributed by atoms with Gasteiger partial charge in [0.2, 0.25) is 0 Å². The highest BCUT2D eigenvalue weighted by Gasteiger charge is 2.21. The Kier molecular flexibility index (Phi) is 9.01. The quantitative estimate of drug-likeness (QED) is 0.236. The number of carbonyl (C=O) groups excluding carboxylic acids is 3. The highest BCUT2D eigenvalue weighted by atomic mass is 16.6. The van der Waals surface area contributed by atoms with Crippen LogP contribution in [0.5, 0.6) is 0 Å². The lowest BCUT2D eigenvalue weighted by atomic mass is 9.96. The minimum absolute atomic E-state index is 0.107. The maximum Gasteiger partial charge on any atom is 0.306 e. The van der Waals surface area contributed by atoms with Crippen LogP contribution in [0.4, 0.5) is 0 Å². The lowest BCUT2D eigenvalue weighted by Crippen LogP contribution is -2.24. The summed E-state index contributed by atoms with van der Waals surface area (Å²) in [5.74, 6) is -0.470. The Morgan fingerprint density at radius 3 is 2.32 bits per heavy atom. The van der Waals surface area contributed by atoms with Gasteiger partial charge in [-0.15, -0.1) is 0 Å². The fraction of sp³-hybridized carbons (Fsp3) is 0.538. The van der Waals surface area contributed by atoms with Gasteiger partial charge < -0.3 is 20.2 Å². The van der Waals surface area contributed by atoms with Gasteiger partial charge in [-0.3, -0.25) is 14.4 Å². The van der Waals surface area contributed by atoms with Crippen LogP contribution < -0.4 is 11.1 Å². The van der Waals surface area contributed by atoms with E-state index in [1.54, 1.807) is 45.0 Å². The third-order valence-corrected chi connectivity index (χ3v) is 4.92. The Bertz CT molecular complexity index is 1050. The van der Waals surface area contributed by atoms with Gasteiger partial charge in [-0.1, -0.05) is 45.7 Å². The Morgan fingerprint density at radius 1 is 1.00 bits per heavy atom. The molecule has 0 radical (unpaired) electrons. The number of hydrogen-bond donors (Lipinski definition) is 2. The Hall–Kier alpha value is -3.16. The van der Waals surface area contributed by atoms with Crippen molar-refractivity contribution in [1.82, 2.24) is 5.32 Å². The first-order valence-electron chi connectivity index (χ1n) is 11.7. The number of aliphatic imine (C=N–C) groups is 1. The van der Waals surface area contributed by atoms with E-state index in [2.05, 4.69) is 10.3 Å². The molecule has 3 N–H and O–H groups in total. The summed E-state index contributed by atoms with van der Waals surface area (Å²) >= 11 is 0. The second kappa shape index (κ2) is 11.3. The zero-order chi connectivity index (χ0) is 25.5. The number of amidine groups is 1. The van der Waals surface area contributed by atoms with Crippen molar-refractivity contribution < 1.29 is 23.5 Å². The van der Waals surface area contributed by atoms with Crippen LogP contribution in [-0.2, 0) is 14.3 Å². The van der Waals surface area contributed by atoms with Gasteiger partial charge in [-0.2, -0.15) is 4.99 Å². The molecule has 0 aliphatic rings. The van der Waals surface area contributed by atoms with E-state index < -0.39 is 11.0 Å². The van der Waals surface area contributed by atoms with E-state index in [-0.39, 0.29) is 29.4 Å². The van der Waals surface area contributed by atoms with Crippen molar-refractivity contribution in [3.63, 3.8) is 0 Å². The number of rotatable bonds is 9. The number of carbonyl (C=O) groups is 3. The van der Waals surface area contributed by atoms with Crippen molar-refractivity contribution >= 4 is 34.6 Å². The van der Waals surface area contributed by atoms with Crippen LogP contribution >= 0.6 is 0 Å². The number of esters is 1. The standard InChI is InChI=1S/C26H37N3O5/c1-25(2,3)24(32)29-22(27)18-13-12-17-15-20(33-19(17)16-18)23(31)28-14-10-8-7-9-11-21(30)34-26(4,5)6/h12-13,15-16H,7-11,14H2,1-6H3,(H,28,31)(H2,27,29,32). The highest BCUT2D eigenvalue weighted by Crippen LogP contribution is 2.22. The number of benzene rings is 1. The molecule has 1 aromatic heterocycles. The molecule has 186 valence electrons. The summed E-state index contributed by atoms with van der Waals surface area (Å²) in [5, 5.41) is 3.61. The van der Waals surface area contributed by atoms with Gasteiger partial charge in [0.1, 0.15) is 17.0 Å². The van der Waals surface area contributed by atoms with Gasteiger partial charge in [-0.05, 0) is 45.7 Å². The smallest absolute Gasteiger partial charge is 0.306 e. The average Bonchev–Trinajstić information content (AvgIpc) is 3.14. The average molecular weight is 472 g/mol. The third-order valence-electron chi connectivity index (χ3n) is 4.92. The first-order valence-corrected chi connectivity index (χ1v) is 11.7. The molecule has 0 atom stereocenters. The number of fused-ring (bicyclic) bond motifs is 1. The number of nitrogens with two attached hydrogens (primary N) is 1. The minimum atomic E-state index is -0.622. The molecule has 0 spiro atoms. The van der Waals surface area contributed by atoms with E-state index in [0.717, 1.165) is 31.1 Å². The van der Waals surface area contributed by atoms with E-state index in [1.807, 2.05) is 20.8 Å². The molecule has 34 heavy (non-hydrogen) atoms. The van der Waals surface area contributed by atoms with Crippen molar-refractivity contribution in [3.05, 3.63) is 35.6 Å². The fourth-order valence-electron chi connectivity index (χ4n) is 3.07. The van der Waals surface area contributed by atoms with Crippen molar-refractivity contribution in [2.45, 2.75) is 79.2 Å². The molecule has 0 aliphatic carbocycles. The molecule has 0 unspecified atom stereocenters. The molecule has 0 bridgehead atoms. The molecule has 0 aliphatic heterocycles. The number of unbranched alkanes of at least 4 members (excludes halogenated alkanes) is 3. The number of nitrogens with one attached hydrogen (secondary N) is 1. The minimum Gasteiger partial charge on any atom is -0.460 e. The van der Waals surface area contributed by atoms with Gasteiger partial charge in [-0.25, -0.2) is 0 Å². The molecular formula is C26H37N3O5. The van der Waals surface area contributed by atoms with E-state index in [9.17, 15) is 14.4 Å². The first-order chi connectivity index (χ1) is 15.8. The molecule has 2 aromatic rings. The van der Waals surface area contributed by atoms with E-state index in [1.165, 1.54) is 0 Å². The molecule has 8 nitrogen and oxygen atoms in total. The van der Waals surface area contributed by atoms with Crippen molar-refractivity contribution in [2.24, 2.45) is 16.1 Å². The normalized spacial score (nSPS) is 12.6. The van der Waals surface area contributed by atoms with Gasteiger partial charge in [0.25, 0.3) is 11.8 Å². The second-order valence-corrected chi connectivity index (χ2v) is 10.4. The summed E-state index contributed by atoms with van der Waals surface area (Å²) in [6, 6.07) is 6.86. The predicted octanol–water partition coefficient (Wildman–Crippen LogP) is 4.73. The monoisotopic (exact) mass is 471 g/mol. The number of nitrogens with zero attached hydrogens (tertiary/aromatic N) is 1. The molecule has 1 aromatic carbocycles. The van der Waals surface area contributed by atoms with Gasteiger partial charge in [0, 0.05) is 29.3 Å². The number of ether oxygens (including phenoxy) is 1. The summed E-state index contributed by atoms with van der Waals surface area (Å²) in [6.45, 7) is 11.4. The van der Waals surface area contributed by atoms with Crippen LogP contribution in [0.3, 0.4) is 0 Å². The zero-order valence-corrected chi connectivity index (χ0v) is 21.1. The molecule has 8 heteroatoms. The summed E-state index contributed by atoms with van der Waals surface area (Å²) in [6.07, 6.45) is 3.77. The Morgan fingerprint density at radius 2 is 1.68 bits per heavy atom. The van der Waals surface area contributed by atoms with Crippen molar-refractivity contribution in [1.29, 1.82) is 0 Å². The lowest BCUT2D eigenvalue weighted by Gasteiger charge is -2.19. The van der Waals surface area contributed by atoms with Crippen LogP contribution in [0.25, 0.3) is 11.0 Å². The topological polar surface area (TPSA) is 124 Å². The summed E-state index contributed by atoms with van der Waals surface area (Å²) < 4.78 is 11.0. The van der Waals surface area contributed by atoms with Crippen LogP contribution in [0.1, 0.15) is 89.8 Å². The van der Waals surface area contributed by atoms with Gasteiger partial charge in [0.15, 0.2) is 5.76 Å². The number of furan rings is 1. The summed E-state index contributed by atoms with van der Waals surface area (Å²) in [7, 11) is 0. The van der Waals surface area contributed by atoms with E-state index in [0.29, 0.717) is 24.1 Å². The molecule has 2 rings (SSSR count). The molecule has 0 saturated heterocycles. The predicted molar refractivity (Wildman–Crippen MR) is 133 cm³/mol. The molecular weight excluding hydrogens is 434 g/mol. The Balaban J connectivity index is 1.82. The van der Waals surface area contributed by atoms with Crippen LogP contribution in [0, 0.1) is 5.41 Å². The fourth-order valence-corrected chi connectivity index (χ4v) is 3.07. The maximum atomic E-state index is 12.4. The molecule has 0 fully saturated rings. The molecule has 1 heterocycles. The summed E-state index contributed by atoms with van der Waals surface area (Å²) in [4.78, 5) is 40.2. The van der Waals surface area contributed by atoms with Crippen LogP contribution in [0.2, 0.25) is 0 Å². The largest absolute Gasteiger partial charge is 0.460 e. The summed E-state index contributed by atoms with van der Waals surface area (Å²) in [5.41, 5.74) is 5.96. The SMILES string of the molecule is CC(C)(C)OC(=O)CCCCCCNC(=O)c1cc2ccc(C(N)=NC(=O)C(C)(C)C)cc2o1. The van der Waals surface area contributed by atoms with Gasteiger partial charge >= 0.3 is 5.97 Å². The lowest BCUT2D eigenvalue weighted by molar-refractivity contribution is -0.154. The highest BCUT2D eigenvalue weighted by molar-refractivity contribution is 6.07. The van der Waals surface area contributed by atoms with Crippen LogP contribution in [0.15, 0.2) is 33.7 Å². The van der Waals surface area contributed by atoms with E-state index in [4.69, 9.17) is 14.9 Å². The van der Waals surface area contributed by atoms with Gasteiger partial charge in [0.05, 0.1) is 0 Å². The molecule has 2 amide bonds. The zero-order valence-electron chi connectivity index (χ0n) is 21.1. The van der Waals surface area contributed by atoms with Crippen molar-refractivity contribution in [2.75, 3.05) is 6.54 Å². The second-order valence-electron chi connectivity index (χ2n) is 10.4. The van der Waals surface area contributed by atoms with Crippen molar-refractivity contribution in [3.8, 4) is 0 Å². The van der Waals surface area contributed by atoms with Crippen LogP contribution in [-0.4, -0.2) is 35.8 Å². The number of amides is 2. The maximum absolute atomic E-state index is 12.4. The van der Waals surface area contributed by atoms with E-state index >= 15 is 0 Å².